The molecule has 0 bridgehead atoms. The highest BCUT2D eigenvalue weighted by Crippen LogP contribution is 2.12. The Bertz CT molecular complexity index is 580. The molecule has 21 heavy (non-hydrogen) atoms. The van der Waals surface area contributed by atoms with Crippen molar-refractivity contribution in [3.63, 3.8) is 0 Å². The van der Waals surface area contributed by atoms with Gasteiger partial charge in [-0.05, 0) is 24.5 Å². The van der Waals surface area contributed by atoms with E-state index >= 15 is 0 Å². The van der Waals surface area contributed by atoms with Gasteiger partial charge in [0.1, 0.15) is 0 Å². The van der Waals surface area contributed by atoms with Crippen LogP contribution in [0.3, 0.4) is 0 Å². The molecule has 0 saturated heterocycles. The van der Waals surface area contributed by atoms with Crippen LogP contribution in [0.15, 0.2) is 30.6 Å². The number of aromatic nitrogens is 2. The van der Waals surface area contributed by atoms with E-state index in [4.69, 9.17) is 5.11 Å². The summed E-state index contributed by atoms with van der Waals surface area (Å²) < 4.78 is 2.00. The molecule has 0 saturated carbocycles. The molecule has 1 heterocycles. The van der Waals surface area contributed by atoms with Gasteiger partial charge >= 0.3 is 0 Å². The topological polar surface area (TPSA) is 67.2 Å². The maximum atomic E-state index is 11.9. The lowest BCUT2D eigenvalue weighted by Crippen LogP contribution is -2.30. The number of nitrogens with one attached hydrogen (secondary N) is 1. The Balaban J connectivity index is 1.81. The van der Waals surface area contributed by atoms with Gasteiger partial charge in [0.15, 0.2) is 0 Å². The van der Waals surface area contributed by atoms with Crippen LogP contribution in [0.1, 0.15) is 26.2 Å². The van der Waals surface area contributed by atoms with Crippen LogP contribution in [-0.2, 0) is 11.3 Å². The lowest BCUT2D eigenvalue weighted by Gasteiger charge is -2.14. The number of carbonyl (C=O) groups excluding carboxylic acids is 1. The summed E-state index contributed by atoms with van der Waals surface area (Å²) >= 11 is 0. The van der Waals surface area contributed by atoms with Crippen molar-refractivity contribution in [3.8, 4) is 0 Å². The fourth-order valence-corrected chi connectivity index (χ4v) is 2.39. The van der Waals surface area contributed by atoms with Gasteiger partial charge < -0.3 is 15.0 Å². The minimum absolute atomic E-state index is 0.0455. The Kier molecular flexibility index (Phi) is 5.75. The first kappa shape index (κ1) is 15.5. The number of carbonyl (C=O) groups is 1. The Morgan fingerprint density at radius 3 is 3.00 bits per heavy atom. The van der Waals surface area contributed by atoms with Gasteiger partial charge in [-0.15, -0.1) is 0 Å². The highest BCUT2D eigenvalue weighted by atomic mass is 16.3. The van der Waals surface area contributed by atoms with Crippen LogP contribution < -0.4 is 5.32 Å². The van der Waals surface area contributed by atoms with Crippen molar-refractivity contribution in [2.75, 3.05) is 13.2 Å². The fraction of sp³-hybridized carbons (Fsp3) is 0.500. The van der Waals surface area contributed by atoms with Gasteiger partial charge in [-0.2, -0.15) is 0 Å². The molecule has 0 radical (unpaired) electrons. The zero-order valence-corrected chi connectivity index (χ0v) is 12.5. The van der Waals surface area contributed by atoms with Gasteiger partial charge in [0.05, 0.1) is 17.4 Å². The Labute approximate surface area is 125 Å². The van der Waals surface area contributed by atoms with Crippen LogP contribution in [0.5, 0.6) is 0 Å². The zero-order valence-electron chi connectivity index (χ0n) is 12.5. The molecule has 5 nitrogen and oxygen atoms in total. The monoisotopic (exact) mass is 289 g/mol. The van der Waals surface area contributed by atoms with Crippen LogP contribution in [-0.4, -0.2) is 33.7 Å². The maximum absolute atomic E-state index is 11.9. The first-order valence-electron chi connectivity index (χ1n) is 7.52. The van der Waals surface area contributed by atoms with Crippen molar-refractivity contribution >= 4 is 16.9 Å². The average molecular weight is 289 g/mol. The predicted octanol–water partition coefficient (Wildman–Crippen LogP) is 1.95. The standard InChI is InChI=1S/C16H23N3O2/c1-2-13(8-10-20)11-17-16(21)7-9-19-12-18-14-5-3-4-6-15(14)19/h3-6,12-13,20H,2,7-11H2,1H3,(H,17,21). The molecule has 0 aliphatic rings. The number of aryl methyl sites for hydroxylation is 1. The van der Waals surface area contributed by atoms with Gasteiger partial charge in [-0.25, -0.2) is 4.98 Å². The summed E-state index contributed by atoms with van der Waals surface area (Å²) in [4.78, 5) is 16.2. The van der Waals surface area contributed by atoms with Crippen molar-refractivity contribution in [1.82, 2.24) is 14.9 Å². The average Bonchev–Trinajstić information content (AvgIpc) is 2.92. The molecule has 0 aliphatic carbocycles. The molecular formula is C16H23N3O2. The summed E-state index contributed by atoms with van der Waals surface area (Å²) in [5.74, 6) is 0.400. The van der Waals surface area contributed by atoms with Crippen LogP contribution in [0, 0.1) is 5.92 Å². The fourth-order valence-electron chi connectivity index (χ4n) is 2.39. The van der Waals surface area contributed by atoms with Crippen molar-refractivity contribution in [2.24, 2.45) is 5.92 Å². The summed E-state index contributed by atoms with van der Waals surface area (Å²) in [5.41, 5.74) is 2.00. The third-order valence-electron chi connectivity index (χ3n) is 3.81. The smallest absolute Gasteiger partial charge is 0.221 e. The minimum Gasteiger partial charge on any atom is -0.396 e. The Morgan fingerprint density at radius 1 is 1.43 bits per heavy atom. The predicted molar refractivity (Wildman–Crippen MR) is 82.8 cm³/mol. The van der Waals surface area contributed by atoms with Crippen molar-refractivity contribution < 1.29 is 9.90 Å². The molecule has 1 amide bonds. The molecule has 5 heteroatoms. The van der Waals surface area contributed by atoms with Gasteiger partial charge in [-0.3, -0.25) is 4.79 Å². The van der Waals surface area contributed by atoms with E-state index < -0.39 is 0 Å². The number of benzene rings is 1. The number of aliphatic hydroxyl groups is 1. The molecule has 114 valence electrons. The lowest BCUT2D eigenvalue weighted by atomic mass is 10.0. The third kappa shape index (κ3) is 4.29. The van der Waals surface area contributed by atoms with E-state index in [9.17, 15) is 4.79 Å². The largest absolute Gasteiger partial charge is 0.396 e. The van der Waals surface area contributed by atoms with Gasteiger partial charge in [0.25, 0.3) is 0 Å². The van der Waals surface area contributed by atoms with Crippen LogP contribution in [0.4, 0.5) is 0 Å². The van der Waals surface area contributed by atoms with E-state index in [2.05, 4.69) is 17.2 Å². The first-order chi connectivity index (χ1) is 10.2. The number of para-hydroxylation sites is 2. The number of imidazole rings is 1. The first-order valence-corrected chi connectivity index (χ1v) is 7.52. The summed E-state index contributed by atoms with van der Waals surface area (Å²) in [6.45, 7) is 3.52. The number of fused-ring (bicyclic) bond motifs is 1. The maximum Gasteiger partial charge on any atom is 0.221 e. The van der Waals surface area contributed by atoms with E-state index in [0.29, 0.717) is 25.4 Å². The number of rotatable bonds is 8. The SMILES string of the molecule is CCC(CCO)CNC(=O)CCn1cnc2ccccc21. The molecule has 0 aliphatic heterocycles. The van der Waals surface area contributed by atoms with Gasteiger partial charge in [0, 0.05) is 26.1 Å². The van der Waals surface area contributed by atoms with E-state index in [1.54, 1.807) is 6.33 Å². The molecule has 2 rings (SSSR count). The molecule has 1 aromatic heterocycles. The number of nitrogens with zero attached hydrogens (tertiary/aromatic N) is 2. The van der Waals surface area contributed by atoms with Crippen molar-refractivity contribution in [1.29, 1.82) is 0 Å². The number of amides is 1. The van der Waals surface area contributed by atoms with E-state index in [-0.39, 0.29) is 12.5 Å². The van der Waals surface area contributed by atoms with Crippen molar-refractivity contribution in [3.05, 3.63) is 30.6 Å². The summed E-state index contributed by atoms with van der Waals surface area (Å²) in [6, 6.07) is 7.90. The molecule has 1 unspecified atom stereocenters. The summed E-state index contributed by atoms with van der Waals surface area (Å²) in [7, 11) is 0. The molecule has 0 fully saturated rings. The summed E-state index contributed by atoms with van der Waals surface area (Å²) in [6.07, 6.45) is 3.92. The van der Waals surface area contributed by atoms with Crippen LogP contribution in [0.2, 0.25) is 0 Å². The molecule has 0 spiro atoms. The second kappa shape index (κ2) is 7.78. The Morgan fingerprint density at radius 2 is 2.24 bits per heavy atom. The quantitative estimate of drug-likeness (QED) is 0.780. The van der Waals surface area contributed by atoms with E-state index in [1.165, 1.54) is 0 Å². The molecular weight excluding hydrogens is 266 g/mol. The number of aliphatic hydroxyl groups excluding tert-OH is 1. The van der Waals surface area contributed by atoms with E-state index in [0.717, 1.165) is 23.9 Å². The normalized spacial score (nSPS) is 12.5. The van der Waals surface area contributed by atoms with E-state index in [1.807, 2.05) is 28.8 Å². The molecule has 2 aromatic rings. The molecule has 1 aromatic carbocycles. The van der Waals surface area contributed by atoms with Gasteiger partial charge in [-0.1, -0.05) is 25.5 Å². The number of hydrogen-bond donors (Lipinski definition) is 2. The molecule has 1 atom stereocenters. The van der Waals surface area contributed by atoms with Crippen LogP contribution in [0.25, 0.3) is 11.0 Å². The highest BCUT2D eigenvalue weighted by molar-refractivity contribution is 5.77. The third-order valence-corrected chi connectivity index (χ3v) is 3.81. The Hall–Kier alpha value is -1.88. The minimum atomic E-state index is 0.0455. The second-order valence-corrected chi connectivity index (χ2v) is 5.27. The van der Waals surface area contributed by atoms with Crippen molar-refractivity contribution in [2.45, 2.75) is 32.7 Å². The lowest BCUT2D eigenvalue weighted by molar-refractivity contribution is -0.121. The number of hydrogen-bond acceptors (Lipinski definition) is 3. The summed E-state index contributed by atoms with van der Waals surface area (Å²) in [5, 5.41) is 11.9. The second-order valence-electron chi connectivity index (χ2n) is 5.27. The molecule has 2 N–H and O–H groups in total. The zero-order chi connectivity index (χ0) is 15.1. The van der Waals surface area contributed by atoms with Crippen LogP contribution >= 0.6 is 0 Å². The highest BCUT2D eigenvalue weighted by Gasteiger charge is 2.09. The van der Waals surface area contributed by atoms with Gasteiger partial charge in [0.2, 0.25) is 5.91 Å².